The van der Waals surface area contributed by atoms with Crippen molar-refractivity contribution in [3.8, 4) is 11.1 Å². The molecule has 0 fully saturated rings. The van der Waals surface area contributed by atoms with Crippen molar-refractivity contribution in [1.29, 1.82) is 0 Å². The van der Waals surface area contributed by atoms with Gasteiger partial charge in [0.15, 0.2) is 5.03 Å². The van der Waals surface area contributed by atoms with Gasteiger partial charge in [-0.3, -0.25) is 9.71 Å². The minimum Gasteiger partial charge on any atom is -0.276 e. The van der Waals surface area contributed by atoms with Gasteiger partial charge in [-0.1, -0.05) is 48.5 Å². The van der Waals surface area contributed by atoms with Crippen LogP contribution in [0.1, 0.15) is 5.56 Å². The number of aryl methyl sites for hydroxylation is 1. The molecule has 0 aliphatic heterocycles. The van der Waals surface area contributed by atoms with Crippen LogP contribution in [0, 0.1) is 6.92 Å². The van der Waals surface area contributed by atoms with E-state index in [0.717, 1.165) is 16.5 Å². The van der Waals surface area contributed by atoms with E-state index in [9.17, 15) is 8.42 Å². The fourth-order valence-electron chi connectivity index (χ4n) is 3.07. The molecule has 0 amide bonds. The van der Waals surface area contributed by atoms with Crippen LogP contribution in [0.5, 0.6) is 0 Å². The zero-order valence-corrected chi connectivity index (χ0v) is 15.4. The molecule has 0 aliphatic carbocycles. The summed E-state index contributed by atoms with van der Waals surface area (Å²) < 4.78 is 28.3. The van der Waals surface area contributed by atoms with E-state index in [1.54, 1.807) is 31.3 Å². The van der Waals surface area contributed by atoms with E-state index >= 15 is 0 Å². The van der Waals surface area contributed by atoms with Crippen LogP contribution in [0.25, 0.3) is 22.0 Å². The predicted octanol–water partition coefficient (Wildman–Crippen LogP) is 4.41. The molecule has 4 rings (SSSR count). The summed E-state index contributed by atoms with van der Waals surface area (Å²) in [5, 5.41) is 0.892. The molecule has 27 heavy (non-hydrogen) atoms. The Morgan fingerprint density at radius 1 is 0.815 bits per heavy atom. The van der Waals surface area contributed by atoms with Crippen molar-refractivity contribution in [2.24, 2.45) is 0 Å². The highest BCUT2D eigenvalue weighted by atomic mass is 32.2. The molecule has 0 spiro atoms. The molecule has 0 saturated carbocycles. The summed E-state index contributed by atoms with van der Waals surface area (Å²) in [6.07, 6.45) is 3.16. The zero-order chi connectivity index (χ0) is 18.9. The molecule has 2 aromatic heterocycles. The fourth-order valence-corrected chi connectivity index (χ4v) is 4.32. The first-order valence-corrected chi connectivity index (χ1v) is 9.92. The minimum atomic E-state index is -3.81. The molecular formula is C21H17N3O2S. The summed E-state index contributed by atoms with van der Waals surface area (Å²) in [5.41, 5.74) is 3.65. The molecule has 2 aromatic carbocycles. The molecule has 0 unspecified atom stereocenters. The van der Waals surface area contributed by atoms with Gasteiger partial charge in [0, 0.05) is 17.8 Å². The highest BCUT2D eigenvalue weighted by Crippen LogP contribution is 2.31. The first-order valence-electron chi connectivity index (χ1n) is 8.44. The van der Waals surface area contributed by atoms with Gasteiger partial charge in [-0.2, -0.15) is 8.42 Å². The Labute approximate surface area is 157 Å². The Morgan fingerprint density at radius 3 is 2.41 bits per heavy atom. The van der Waals surface area contributed by atoms with Crippen LogP contribution in [0.3, 0.4) is 0 Å². The van der Waals surface area contributed by atoms with Crippen molar-refractivity contribution in [1.82, 2.24) is 9.97 Å². The van der Waals surface area contributed by atoms with Crippen LogP contribution in [-0.4, -0.2) is 18.4 Å². The topological polar surface area (TPSA) is 72.0 Å². The van der Waals surface area contributed by atoms with Crippen LogP contribution >= 0.6 is 0 Å². The average Bonchev–Trinajstić information content (AvgIpc) is 2.68. The van der Waals surface area contributed by atoms with Gasteiger partial charge in [0.05, 0.1) is 11.2 Å². The number of para-hydroxylation sites is 1. The van der Waals surface area contributed by atoms with Gasteiger partial charge < -0.3 is 0 Å². The lowest BCUT2D eigenvalue weighted by molar-refractivity contribution is 0.597. The number of sulfonamides is 1. The number of hydrogen-bond donors (Lipinski definition) is 1. The second-order valence-electron chi connectivity index (χ2n) is 6.16. The first-order chi connectivity index (χ1) is 13.1. The normalized spacial score (nSPS) is 11.4. The number of rotatable bonds is 4. The third-order valence-electron chi connectivity index (χ3n) is 4.32. The third kappa shape index (κ3) is 3.27. The third-order valence-corrected chi connectivity index (χ3v) is 5.74. The van der Waals surface area contributed by atoms with Gasteiger partial charge in [0.1, 0.15) is 0 Å². The zero-order valence-electron chi connectivity index (χ0n) is 14.6. The van der Waals surface area contributed by atoms with Crippen molar-refractivity contribution >= 4 is 26.6 Å². The number of nitrogens with zero attached hydrogens (tertiary/aromatic N) is 2. The maximum Gasteiger partial charge on any atom is 0.279 e. The van der Waals surface area contributed by atoms with Crippen molar-refractivity contribution in [2.45, 2.75) is 11.9 Å². The molecule has 1 N–H and O–H groups in total. The minimum absolute atomic E-state index is 0.0150. The van der Waals surface area contributed by atoms with Crippen LogP contribution in [0.2, 0.25) is 0 Å². The Hall–Kier alpha value is -3.25. The van der Waals surface area contributed by atoms with Gasteiger partial charge in [-0.25, -0.2) is 4.98 Å². The number of hydrogen-bond acceptors (Lipinski definition) is 4. The van der Waals surface area contributed by atoms with E-state index in [1.807, 2.05) is 48.5 Å². The van der Waals surface area contributed by atoms with E-state index < -0.39 is 10.0 Å². The monoisotopic (exact) mass is 375 g/mol. The van der Waals surface area contributed by atoms with E-state index in [0.29, 0.717) is 16.8 Å². The molecule has 5 nitrogen and oxygen atoms in total. The summed E-state index contributed by atoms with van der Waals surface area (Å²) in [7, 11) is -3.81. The highest BCUT2D eigenvalue weighted by molar-refractivity contribution is 7.92. The molecule has 0 saturated heterocycles. The lowest BCUT2D eigenvalue weighted by Gasteiger charge is -2.13. The Bertz CT molecular complexity index is 1220. The second kappa shape index (κ2) is 6.81. The number of aromatic nitrogens is 2. The van der Waals surface area contributed by atoms with E-state index in [-0.39, 0.29) is 5.03 Å². The molecule has 0 atom stereocenters. The largest absolute Gasteiger partial charge is 0.279 e. The molecular weight excluding hydrogens is 358 g/mol. The number of nitrogens with one attached hydrogen (secondary N) is 1. The van der Waals surface area contributed by atoms with Gasteiger partial charge in [-0.05, 0) is 41.8 Å². The van der Waals surface area contributed by atoms with Gasteiger partial charge in [0.2, 0.25) is 0 Å². The van der Waals surface area contributed by atoms with Crippen LogP contribution in [0.15, 0.2) is 84.1 Å². The van der Waals surface area contributed by atoms with Crippen molar-refractivity contribution in [3.05, 3.63) is 84.7 Å². The van der Waals surface area contributed by atoms with Gasteiger partial charge >= 0.3 is 0 Å². The van der Waals surface area contributed by atoms with Crippen molar-refractivity contribution in [2.75, 3.05) is 4.72 Å². The Kier molecular flexibility index (Phi) is 4.33. The van der Waals surface area contributed by atoms with Gasteiger partial charge in [-0.15, -0.1) is 0 Å². The quantitative estimate of drug-likeness (QED) is 0.574. The maximum absolute atomic E-state index is 12.8. The van der Waals surface area contributed by atoms with Gasteiger partial charge in [0.25, 0.3) is 10.0 Å². The molecule has 0 aliphatic rings. The number of benzene rings is 2. The first kappa shape index (κ1) is 17.2. The lowest BCUT2D eigenvalue weighted by Crippen LogP contribution is -2.16. The smallest absolute Gasteiger partial charge is 0.276 e. The highest BCUT2D eigenvalue weighted by Gasteiger charge is 2.20. The summed E-state index contributed by atoms with van der Waals surface area (Å²) in [6, 6.07) is 20.8. The molecule has 0 bridgehead atoms. The summed E-state index contributed by atoms with van der Waals surface area (Å²) in [4.78, 5) is 8.44. The van der Waals surface area contributed by atoms with Crippen LogP contribution < -0.4 is 4.72 Å². The van der Waals surface area contributed by atoms with Crippen molar-refractivity contribution < 1.29 is 8.42 Å². The van der Waals surface area contributed by atoms with Crippen LogP contribution in [-0.2, 0) is 10.0 Å². The summed E-state index contributed by atoms with van der Waals surface area (Å²) >= 11 is 0. The fraction of sp³-hybridized carbons (Fsp3) is 0.0476. The standard InChI is InChI=1S/C21H17N3O2S/c1-15-7-6-13-23-21(15)27(25,26)24-19-11-5-10-18-17(12-14-22-20(18)19)16-8-3-2-4-9-16/h2-14,24H,1H3. The average molecular weight is 375 g/mol. The number of fused-ring (bicyclic) bond motifs is 1. The van der Waals surface area contributed by atoms with E-state index in [2.05, 4.69) is 14.7 Å². The number of anilines is 1. The molecule has 6 heteroatoms. The summed E-state index contributed by atoms with van der Waals surface area (Å²) in [5.74, 6) is 0. The van der Waals surface area contributed by atoms with Crippen molar-refractivity contribution in [3.63, 3.8) is 0 Å². The number of pyridine rings is 2. The Morgan fingerprint density at radius 2 is 1.63 bits per heavy atom. The Balaban J connectivity index is 1.83. The molecule has 134 valence electrons. The van der Waals surface area contributed by atoms with Crippen LogP contribution in [0.4, 0.5) is 5.69 Å². The summed E-state index contributed by atoms with van der Waals surface area (Å²) in [6.45, 7) is 1.72. The molecule has 2 heterocycles. The maximum atomic E-state index is 12.8. The predicted molar refractivity (Wildman–Crippen MR) is 107 cm³/mol. The second-order valence-corrected chi connectivity index (χ2v) is 7.75. The van der Waals surface area contributed by atoms with E-state index in [4.69, 9.17) is 0 Å². The SMILES string of the molecule is Cc1cccnc1S(=O)(=O)Nc1cccc2c(-c3ccccc3)ccnc12. The van der Waals surface area contributed by atoms with E-state index in [1.165, 1.54) is 6.20 Å². The molecule has 4 aromatic rings. The lowest BCUT2D eigenvalue weighted by atomic mass is 10.0. The molecule has 0 radical (unpaired) electrons.